The molecule has 0 unspecified atom stereocenters. The molecule has 0 aliphatic carbocycles. The van der Waals surface area contributed by atoms with Gasteiger partial charge in [-0.2, -0.15) is 0 Å². The molecule has 5 heteroatoms. The Hall–Kier alpha value is -1.17. The summed E-state index contributed by atoms with van der Waals surface area (Å²) in [5.41, 5.74) is 3.43. The minimum Gasteiger partial charge on any atom is -0.380 e. The van der Waals surface area contributed by atoms with Gasteiger partial charge in [0.05, 0.1) is 6.61 Å². The Kier molecular flexibility index (Phi) is 5.96. The molecule has 0 atom stereocenters. The van der Waals surface area contributed by atoms with Gasteiger partial charge in [0, 0.05) is 33.7 Å². The van der Waals surface area contributed by atoms with Gasteiger partial charge < -0.3 is 10.1 Å². The van der Waals surface area contributed by atoms with Crippen molar-refractivity contribution in [2.45, 2.75) is 11.9 Å². The highest BCUT2D eigenvalue weighted by atomic mass is 79.9. The lowest BCUT2D eigenvalue weighted by atomic mass is 10.1. The van der Waals surface area contributed by atoms with Crippen molar-refractivity contribution in [3.63, 3.8) is 0 Å². The number of hydrogen-bond acceptors (Lipinski definition) is 2. The topological polar surface area (TPSA) is 38.3 Å². The number of rotatable bonds is 5. The highest BCUT2D eigenvalue weighted by Crippen LogP contribution is 2.26. The highest BCUT2D eigenvalue weighted by molar-refractivity contribution is 9.10. The summed E-state index contributed by atoms with van der Waals surface area (Å²) in [4.78, 5) is 12.3. The van der Waals surface area contributed by atoms with E-state index in [1.54, 1.807) is 7.11 Å². The first-order chi connectivity index (χ1) is 10.2. The molecular formula is C16H15Br2NO2. The lowest BCUT2D eigenvalue weighted by Gasteiger charge is -2.12. The predicted molar refractivity (Wildman–Crippen MR) is 91.9 cm³/mol. The van der Waals surface area contributed by atoms with Crippen molar-refractivity contribution in [2.24, 2.45) is 0 Å². The molecule has 1 N–H and O–H groups in total. The van der Waals surface area contributed by atoms with Crippen molar-refractivity contribution in [3.8, 4) is 0 Å². The van der Waals surface area contributed by atoms with Crippen LogP contribution in [0.1, 0.15) is 21.5 Å². The number of carbonyl (C=O) groups excluding carboxylic acids is 1. The summed E-state index contributed by atoms with van der Waals surface area (Å²) in [6.45, 7) is 0.430. The van der Waals surface area contributed by atoms with Crippen LogP contribution in [-0.4, -0.2) is 13.0 Å². The number of ether oxygens (including phenoxy) is 1. The molecule has 0 spiro atoms. The van der Waals surface area contributed by atoms with Gasteiger partial charge in [-0.15, -0.1) is 0 Å². The van der Waals surface area contributed by atoms with E-state index in [4.69, 9.17) is 4.74 Å². The normalized spacial score (nSPS) is 10.4. The fraction of sp³-hybridized carbons (Fsp3) is 0.188. The van der Waals surface area contributed by atoms with Crippen molar-refractivity contribution in [3.05, 3.63) is 63.6 Å². The molecule has 0 aromatic heterocycles. The third-order valence-electron chi connectivity index (χ3n) is 3.03. The molecule has 0 bridgehead atoms. The number of alkyl halides is 1. The van der Waals surface area contributed by atoms with E-state index in [2.05, 4.69) is 37.2 Å². The van der Waals surface area contributed by atoms with Crippen LogP contribution in [0.15, 0.2) is 46.9 Å². The summed E-state index contributed by atoms with van der Waals surface area (Å²) in [5, 5.41) is 3.71. The van der Waals surface area contributed by atoms with Gasteiger partial charge in [-0.1, -0.05) is 50.1 Å². The third kappa shape index (κ3) is 4.15. The van der Waals surface area contributed by atoms with Gasteiger partial charge in [0.1, 0.15) is 0 Å². The molecule has 1 amide bonds. The molecule has 0 saturated heterocycles. The molecule has 0 heterocycles. The summed E-state index contributed by atoms with van der Waals surface area (Å²) >= 11 is 6.86. The SMILES string of the molecule is COCc1c(Br)cccc1NC(=O)c1ccc(CBr)cc1. The van der Waals surface area contributed by atoms with Crippen LogP contribution >= 0.6 is 31.9 Å². The molecule has 0 aliphatic rings. The first kappa shape index (κ1) is 16.2. The van der Waals surface area contributed by atoms with E-state index in [1.165, 1.54) is 0 Å². The summed E-state index contributed by atoms with van der Waals surface area (Å²) in [7, 11) is 1.63. The fourth-order valence-electron chi connectivity index (χ4n) is 1.91. The Labute approximate surface area is 141 Å². The number of halogens is 2. The molecule has 0 fully saturated rings. The van der Waals surface area contributed by atoms with Crippen LogP contribution in [0.2, 0.25) is 0 Å². The first-order valence-corrected chi connectivity index (χ1v) is 8.29. The number of methoxy groups -OCH3 is 1. The van der Waals surface area contributed by atoms with E-state index >= 15 is 0 Å². The lowest BCUT2D eigenvalue weighted by Crippen LogP contribution is -2.13. The number of benzene rings is 2. The van der Waals surface area contributed by atoms with E-state index in [0.717, 1.165) is 26.6 Å². The summed E-state index contributed by atoms with van der Waals surface area (Å²) < 4.78 is 6.09. The van der Waals surface area contributed by atoms with Crippen LogP contribution in [-0.2, 0) is 16.7 Å². The quantitative estimate of drug-likeness (QED) is 0.720. The maximum Gasteiger partial charge on any atom is 0.255 e. The van der Waals surface area contributed by atoms with Crippen LogP contribution in [0.25, 0.3) is 0 Å². The second-order valence-electron chi connectivity index (χ2n) is 4.48. The van der Waals surface area contributed by atoms with Gasteiger partial charge in [-0.25, -0.2) is 0 Å². The van der Waals surface area contributed by atoms with Crippen LogP contribution < -0.4 is 5.32 Å². The van der Waals surface area contributed by atoms with Crippen LogP contribution in [0.4, 0.5) is 5.69 Å². The van der Waals surface area contributed by atoms with Gasteiger partial charge in [0.15, 0.2) is 0 Å². The van der Waals surface area contributed by atoms with Crippen molar-refractivity contribution < 1.29 is 9.53 Å². The van der Waals surface area contributed by atoms with Crippen LogP contribution in [0, 0.1) is 0 Å². The Morgan fingerprint density at radius 3 is 2.52 bits per heavy atom. The minimum atomic E-state index is -0.133. The molecule has 0 aliphatic heterocycles. The van der Waals surface area contributed by atoms with E-state index in [1.807, 2.05) is 42.5 Å². The molecular weight excluding hydrogens is 398 g/mol. The zero-order valence-electron chi connectivity index (χ0n) is 11.5. The second kappa shape index (κ2) is 7.73. The molecule has 21 heavy (non-hydrogen) atoms. The number of carbonyl (C=O) groups is 1. The van der Waals surface area contributed by atoms with Crippen molar-refractivity contribution in [2.75, 3.05) is 12.4 Å². The Bertz CT molecular complexity index is 627. The van der Waals surface area contributed by atoms with Gasteiger partial charge >= 0.3 is 0 Å². The summed E-state index contributed by atoms with van der Waals surface area (Å²) in [5.74, 6) is -0.133. The molecule has 2 aromatic carbocycles. The minimum absolute atomic E-state index is 0.133. The predicted octanol–water partition coefficient (Wildman–Crippen LogP) is 4.74. The fourth-order valence-corrected chi connectivity index (χ4v) is 2.76. The number of nitrogens with one attached hydrogen (secondary N) is 1. The van der Waals surface area contributed by atoms with Gasteiger partial charge in [-0.3, -0.25) is 4.79 Å². The standard InChI is InChI=1S/C16H15Br2NO2/c1-21-10-13-14(18)3-2-4-15(13)19-16(20)12-7-5-11(9-17)6-8-12/h2-8H,9-10H2,1H3,(H,19,20). The largest absolute Gasteiger partial charge is 0.380 e. The second-order valence-corrected chi connectivity index (χ2v) is 5.90. The van der Waals surface area contributed by atoms with Crippen LogP contribution in [0.5, 0.6) is 0 Å². The number of hydrogen-bond donors (Lipinski definition) is 1. The van der Waals surface area contributed by atoms with Crippen molar-refractivity contribution >= 4 is 43.5 Å². The smallest absolute Gasteiger partial charge is 0.255 e. The molecule has 2 rings (SSSR count). The molecule has 2 aromatic rings. The van der Waals surface area contributed by atoms with E-state index < -0.39 is 0 Å². The number of amides is 1. The van der Waals surface area contributed by atoms with E-state index in [9.17, 15) is 4.79 Å². The van der Waals surface area contributed by atoms with E-state index in [-0.39, 0.29) is 5.91 Å². The lowest BCUT2D eigenvalue weighted by molar-refractivity contribution is 0.102. The van der Waals surface area contributed by atoms with Crippen LogP contribution in [0.3, 0.4) is 0 Å². The Morgan fingerprint density at radius 2 is 1.90 bits per heavy atom. The van der Waals surface area contributed by atoms with E-state index in [0.29, 0.717) is 12.2 Å². The maximum atomic E-state index is 12.3. The molecule has 110 valence electrons. The average molecular weight is 413 g/mol. The number of anilines is 1. The third-order valence-corrected chi connectivity index (χ3v) is 4.42. The molecule has 0 saturated carbocycles. The highest BCUT2D eigenvalue weighted by Gasteiger charge is 2.11. The zero-order chi connectivity index (χ0) is 15.2. The van der Waals surface area contributed by atoms with Gasteiger partial charge in [-0.05, 0) is 29.8 Å². The van der Waals surface area contributed by atoms with Crippen molar-refractivity contribution in [1.82, 2.24) is 0 Å². The molecule has 0 radical (unpaired) electrons. The monoisotopic (exact) mass is 411 g/mol. The summed E-state index contributed by atoms with van der Waals surface area (Å²) in [6.07, 6.45) is 0. The molecule has 3 nitrogen and oxygen atoms in total. The average Bonchev–Trinajstić information content (AvgIpc) is 2.51. The Balaban J connectivity index is 2.20. The summed E-state index contributed by atoms with van der Waals surface area (Å²) in [6, 6.07) is 13.2. The van der Waals surface area contributed by atoms with Gasteiger partial charge in [0.2, 0.25) is 0 Å². The maximum absolute atomic E-state index is 12.3. The Morgan fingerprint density at radius 1 is 1.19 bits per heavy atom. The van der Waals surface area contributed by atoms with Crippen molar-refractivity contribution in [1.29, 1.82) is 0 Å². The zero-order valence-corrected chi connectivity index (χ0v) is 14.7. The van der Waals surface area contributed by atoms with Gasteiger partial charge in [0.25, 0.3) is 5.91 Å². The first-order valence-electron chi connectivity index (χ1n) is 6.38.